The summed E-state index contributed by atoms with van der Waals surface area (Å²) in [7, 11) is 1.52. The molecule has 2 rings (SSSR count). The van der Waals surface area contributed by atoms with Crippen LogP contribution < -0.4 is 4.74 Å². The lowest BCUT2D eigenvalue weighted by Crippen LogP contribution is -2.02. The molecule has 0 N–H and O–H groups in total. The van der Waals surface area contributed by atoms with Gasteiger partial charge in [-0.3, -0.25) is 0 Å². The maximum absolute atomic E-state index is 9.03. The van der Waals surface area contributed by atoms with E-state index < -0.39 is 0 Å². The Morgan fingerprint density at radius 2 is 2.40 bits per heavy atom. The van der Waals surface area contributed by atoms with Crippen LogP contribution in [0.5, 0.6) is 5.88 Å². The number of nitriles is 1. The predicted octanol–water partition coefficient (Wildman–Crippen LogP) is 1.33. The molecule has 0 saturated heterocycles. The summed E-state index contributed by atoms with van der Waals surface area (Å²) in [6.45, 7) is 0. The van der Waals surface area contributed by atoms with Gasteiger partial charge in [0.05, 0.1) is 13.3 Å². The summed E-state index contributed by atoms with van der Waals surface area (Å²) >= 11 is 1.41. The summed E-state index contributed by atoms with van der Waals surface area (Å²) in [6.07, 6.45) is 3.49. The van der Waals surface area contributed by atoms with Crippen molar-refractivity contribution in [3.8, 4) is 11.9 Å². The minimum Gasteiger partial charge on any atom is -0.480 e. The van der Waals surface area contributed by atoms with Gasteiger partial charge in [0.1, 0.15) is 16.7 Å². The van der Waals surface area contributed by atoms with Crippen LogP contribution in [0.3, 0.4) is 0 Å². The molecule has 15 heavy (non-hydrogen) atoms. The lowest BCUT2D eigenvalue weighted by Gasteiger charge is -2.07. The zero-order chi connectivity index (χ0) is 10.8. The predicted molar refractivity (Wildman–Crippen MR) is 56.0 cm³/mol. The van der Waals surface area contributed by atoms with E-state index in [1.807, 2.05) is 6.26 Å². The van der Waals surface area contributed by atoms with E-state index in [1.165, 1.54) is 23.4 Å². The quantitative estimate of drug-likeness (QED) is 0.564. The van der Waals surface area contributed by atoms with Crippen molar-refractivity contribution >= 4 is 17.4 Å². The zero-order valence-electron chi connectivity index (χ0n) is 8.26. The molecule has 0 unspecified atom stereocenters. The molecule has 0 fully saturated rings. The molecule has 0 atom stereocenters. The summed E-state index contributed by atoms with van der Waals surface area (Å²) < 4.78 is 6.69. The highest BCUT2D eigenvalue weighted by Crippen LogP contribution is 2.26. The van der Waals surface area contributed by atoms with Gasteiger partial charge in [0.25, 0.3) is 0 Å². The third-order valence-electron chi connectivity index (χ3n) is 1.96. The summed E-state index contributed by atoms with van der Waals surface area (Å²) in [4.78, 5) is 4.29. The molecular formula is C9H8N4OS. The molecule has 76 valence electrons. The van der Waals surface area contributed by atoms with E-state index >= 15 is 0 Å². The second-order valence-corrected chi connectivity index (χ2v) is 3.51. The Balaban J connectivity index is 2.86. The molecule has 0 aliphatic rings. The molecule has 0 bridgehead atoms. The van der Waals surface area contributed by atoms with Crippen LogP contribution in [-0.4, -0.2) is 28.0 Å². The van der Waals surface area contributed by atoms with Gasteiger partial charge in [-0.05, 0) is 6.26 Å². The van der Waals surface area contributed by atoms with Crippen LogP contribution in [0.25, 0.3) is 5.65 Å². The molecule has 0 aliphatic heterocycles. The highest BCUT2D eigenvalue weighted by molar-refractivity contribution is 7.98. The summed E-state index contributed by atoms with van der Waals surface area (Å²) in [5.74, 6) is 0.428. The Labute approximate surface area is 90.7 Å². The van der Waals surface area contributed by atoms with Crippen molar-refractivity contribution in [3.05, 3.63) is 17.8 Å². The Hall–Kier alpha value is -1.74. The van der Waals surface area contributed by atoms with Gasteiger partial charge in [-0.25, -0.2) is 4.98 Å². The van der Waals surface area contributed by atoms with Gasteiger partial charge < -0.3 is 4.74 Å². The first-order chi connectivity index (χ1) is 7.31. The number of methoxy groups -OCH3 is 1. The fourth-order valence-electron chi connectivity index (χ4n) is 1.33. The molecule has 2 heterocycles. The van der Waals surface area contributed by atoms with Crippen LogP contribution in [0.1, 0.15) is 5.56 Å². The van der Waals surface area contributed by atoms with E-state index in [-0.39, 0.29) is 0 Å². The second-order valence-electron chi connectivity index (χ2n) is 2.72. The molecule has 0 amide bonds. The molecule has 6 heteroatoms. The largest absolute Gasteiger partial charge is 0.480 e. The maximum Gasteiger partial charge on any atom is 0.237 e. The maximum atomic E-state index is 9.03. The number of thioether (sulfide) groups is 1. The summed E-state index contributed by atoms with van der Waals surface area (Å²) in [6, 6.07) is 3.85. The first kappa shape index (κ1) is 9.80. The Bertz CT molecular complexity index is 543. The number of ether oxygens (including phenoxy) is 1. The molecule has 0 aliphatic carbocycles. The SMILES string of the molecule is COc1c(C#N)c(SC)nc2ccnn12. The third-order valence-corrected chi connectivity index (χ3v) is 2.64. The van der Waals surface area contributed by atoms with Crippen LogP contribution in [0.4, 0.5) is 0 Å². The van der Waals surface area contributed by atoms with Gasteiger partial charge in [-0.2, -0.15) is 14.9 Å². The van der Waals surface area contributed by atoms with Crippen LogP contribution in [0, 0.1) is 11.3 Å². The van der Waals surface area contributed by atoms with E-state index in [2.05, 4.69) is 16.2 Å². The van der Waals surface area contributed by atoms with Crippen molar-refractivity contribution in [2.75, 3.05) is 13.4 Å². The van der Waals surface area contributed by atoms with Crippen molar-refractivity contribution in [1.82, 2.24) is 14.6 Å². The van der Waals surface area contributed by atoms with E-state index in [0.29, 0.717) is 22.1 Å². The van der Waals surface area contributed by atoms with Crippen molar-refractivity contribution in [2.24, 2.45) is 0 Å². The molecule has 5 nitrogen and oxygen atoms in total. The summed E-state index contributed by atoms with van der Waals surface area (Å²) in [5.41, 5.74) is 1.09. The average Bonchev–Trinajstić information content (AvgIpc) is 2.73. The average molecular weight is 220 g/mol. The number of rotatable bonds is 2. The van der Waals surface area contributed by atoms with Gasteiger partial charge in [0.2, 0.25) is 5.88 Å². The van der Waals surface area contributed by atoms with Crippen molar-refractivity contribution in [3.63, 3.8) is 0 Å². The first-order valence-electron chi connectivity index (χ1n) is 4.17. The highest BCUT2D eigenvalue weighted by Gasteiger charge is 2.15. The minimum atomic E-state index is 0.418. The zero-order valence-corrected chi connectivity index (χ0v) is 9.08. The standard InChI is InChI=1S/C9H8N4OS/c1-14-9-6(5-10)8(15-2)12-7-3-4-11-13(7)9/h3-4H,1-2H3. The van der Waals surface area contributed by atoms with Gasteiger partial charge in [-0.15, -0.1) is 11.8 Å². The van der Waals surface area contributed by atoms with E-state index in [4.69, 9.17) is 10.00 Å². The van der Waals surface area contributed by atoms with Gasteiger partial charge in [0, 0.05) is 6.07 Å². The number of nitrogens with zero attached hydrogens (tertiary/aromatic N) is 4. The van der Waals surface area contributed by atoms with Crippen molar-refractivity contribution < 1.29 is 4.74 Å². The van der Waals surface area contributed by atoms with Gasteiger partial charge >= 0.3 is 0 Å². The van der Waals surface area contributed by atoms with Crippen molar-refractivity contribution in [1.29, 1.82) is 5.26 Å². The van der Waals surface area contributed by atoms with Crippen molar-refractivity contribution in [2.45, 2.75) is 5.03 Å². The lowest BCUT2D eigenvalue weighted by atomic mass is 10.3. The monoisotopic (exact) mass is 220 g/mol. The van der Waals surface area contributed by atoms with Crippen LogP contribution in [-0.2, 0) is 0 Å². The van der Waals surface area contributed by atoms with Gasteiger partial charge in [0.15, 0.2) is 5.65 Å². The van der Waals surface area contributed by atoms with E-state index in [0.717, 1.165) is 0 Å². The Morgan fingerprint density at radius 1 is 1.60 bits per heavy atom. The normalized spacial score (nSPS) is 10.2. The highest BCUT2D eigenvalue weighted by atomic mass is 32.2. The molecular weight excluding hydrogens is 212 g/mol. The topological polar surface area (TPSA) is 63.2 Å². The molecule has 2 aromatic rings. The van der Waals surface area contributed by atoms with Crippen LogP contribution in [0.15, 0.2) is 17.3 Å². The fraction of sp³-hybridized carbons (Fsp3) is 0.222. The second kappa shape index (κ2) is 3.79. The number of aromatic nitrogens is 3. The van der Waals surface area contributed by atoms with Gasteiger partial charge in [-0.1, -0.05) is 0 Å². The van der Waals surface area contributed by atoms with E-state index in [1.54, 1.807) is 12.3 Å². The molecule has 0 radical (unpaired) electrons. The Morgan fingerprint density at radius 3 is 3.00 bits per heavy atom. The smallest absolute Gasteiger partial charge is 0.237 e. The van der Waals surface area contributed by atoms with E-state index in [9.17, 15) is 0 Å². The van der Waals surface area contributed by atoms with Crippen LogP contribution in [0.2, 0.25) is 0 Å². The molecule has 0 aromatic carbocycles. The number of hydrogen-bond acceptors (Lipinski definition) is 5. The molecule has 0 spiro atoms. The van der Waals surface area contributed by atoms with Crippen LogP contribution >= 0.6 is 11.8 Å². The number of hydrogen-bond donors (Lipinski definition) is 0. The third kappa shape index (κ3) is 1.41. The lowest BCUT2D eigenvalue weighted by molar-refractivity contribution is 0.381. The first-order valence-corrected chi connectivity index (χ1v) is 5.40. The molecule has 2 aromatic heterocycles. The minimum absolute atomic E-state index is 0.418. The fourth-order valence-corrected chi connectivity index (χ4v) is 1.85. The number of fused-ring (bicyclic) bond motifs is 1. The summed E-state index contributed by atoms with van der Waals surface area (Å²) in [5, 5.41) is 13.7. The Kier molecular flexibility index (Phi) is 2.47. The molecule has 0 saturated carbocycles.